The quantitative estimate of drug-likeness (QED) is 0.596. The van der Waals surface area contributed by atoms with Gasteiger partial charge in [-0.15, -0.1) is 0 Å². The Kier molecular flexibility index (Phi) is 5.81. The molecule has 0 saturated heterocycles. The monoisotopic (exact) mass is 365 g/mol. The second-order valence-electron chi connectivity index (χ2n) is 6.31. The molecule has 3 aromatic rings. The van der Waals surface area contributed by atoms with E-state index in [1.54, 1.807) is 24.1 Å². The first-order valence-corrected chi connectivity index (χ1v) is 8.83. The minimum Gasteiger partial charge on any atom is -0.493 e. The minimum absolute atomic E-state index is 0.00159. The van der Waals surface area contributed by atoms with Crippen LogP contribution in [0.25, 0.3) is 0 Å². The van der Waals surface area contributed by atoms with Crippen LogP contribution in [0.5, 0.6) is 11.5 Å². The van der Waals surface area contributed by atoms with Crippen molar-refractivity contribution < 1.29 is 18.7 Å². The molecule has 0 saturated carbocycles. The molecule has 0 aliphatic carbocycles. The minimum atomic E-state index is -0.181. The van der Waals surface area contributed by atoms with Crippen LogP contribution in [0.15, 0.2) is 71.1 Å². The number of furan rings is 1. The molecule has 5 heteroatoms. The molecule has 1 heterocycles. The van der Waals surface area contributed by atoms with Crippen LogP contribution >= 0.6 is 0 Å². The van der Waals surface area contributed by atoms with Crippen molar-refractivity contribution in [3.63, 3.8) is 0 Å². The third kappa shape index (κ3) is 4.31. The van der Waals surface area contributed by atoms with Crippen molar-refractivity contribution in [2.75, 3.05) is 12.0 Å². The van der Waals surface area contributed by atoms with E-state index in [0.29, 0.717) is 17.3 Å². The summed E-state index contributed by atoms with van der Waals surface area (Å²) in [5.74, 6) is 1.94. The lowest BCUT2D eigenvalue weighted by atomic mass is 10.2. The molecule has 1 aromatic heterocycles. The van der Waals surface area contributed by atoms with Gasteiger partial charge in [0.1, 0.15) is 12.4 Å². The van der Waals surface area contributed by atoms with Crippen molar-refractivity contribution in [3.8, 4) is 11.5 Å². The van der Waals surface area contributed by atoms with Gasteiger partial charge in [-0.05, 0) is 50.2 Å². The fraction of sp³-hybridized carbons (Fsp3) is 0.227. The van der Waals surface area contributed by atoms with Crippen molar-refractivity contribution in [2.24, 2.45) is 0 Å². The standard InChI is InChI=1S/C22H23NO4/c1-16(2)23(17-9-5-4-6-10-17)22(24)21-14-13-18(27-21)15-26-20-12-8-7-11-19(20)25-3/h4-14,16H,15H2,1-3H3. The smallest absolute Gasteiger partial charge is 0.294 e. The third-order valence-corrected chi connectivity index (χ3v) is 4.08. The van der Waals surface area contributed by atoms with Gasteiger partial charge in [0.2, 0.25) is 0 Å². The maximum Gasteiger partial charge on any atom is 0.294 e. The zero-order valence-electron chi connectivity index (χ0n) is 15.7. The molecule has 2 aromatic carbocycles. The lowest BCUT2D eigenvalue weighted by molar-refractivity contribution is 0.0949. The van der Waals surface area contributed by atoms with Gasteiger partial charge in [0.25, 0.3) is 5.91 Å². The summed E-state index contributed by atoms with van der Waals surface area (Å²) in [4.78, 5) is 14.7. The zero-order chi connectivity index (χ0) is 19.2. The molecule has 0 fully saturated rings. The zero-order valence-corrected chi connectivity index (χ0v) is 15.7. The molecule has 5 nitrogen and oxygen atoms in total. The summed E-state index contributed by atoms with van der Waals surface area (Å²) in [5, 5.41) is 0. The van der Waals surface area contributed by atoms with E-state index in [-0.39, 0.29) is 24.3 Å². The molecular formula is C22H23NO4. The molecule has 3 rings (SSSR count). The van der Waals surface area contributed by atoms with E-state index in [9.17, 15) is 4.79 Å². The van der Waals surface area contributed by atoms with Crippen LogP contribution in [0.3, 0.4) is 0 Å². The Morgan fingerprint density at radius 2 is 1.63 bits per heavy atom. The highest BCUT2D eigenvalue weighted by Gasteiger charge is 2.23. The second kappa shape index (κ2) is 8.45. The van der Waals surface area contributed by atoms with Crippen LogP contribution in [0, 0.1) is 0 Å². The number of anilines is 1. The SMILES string of the molecule is COc1ccccc1OCc1ccc(C(=O)N(c2ccccc2)C(C)C)o1. The highest BCUT2D eigenvalue weighted by molar-refractivity contribution is 6.04. The van der Waals surface area contributed by atoms with Crippen LogP contribution in [0.1, 0.15) is 30.2 Å². The fourth-order valence-electron chi connectivity index (χ4n) is 2.81. The number of hydrogen-bond acceptors (Lipinski definition) is 4. The Bertz CT molecular complexity index is 886. The average molecular weight is 365 g/mol. The first-order valence-electron chi connectivity index (χ1n) is 8.83. The lowest BCUT2D eigenvalue weighted by Crippen LogP contribution is -2.36. The number of methoxy groups -OCH3 is 1. The summed E-state index contributed by atoms with van der Waals surface area (Å²) in [6, 6.07) is 20.4. The number of ether oxygens (including phenoxy) is 2. The predicted octanol–water partition coefficient (Wildman–Crippen LogP) is 4.92. The molecule has 0 N–H and O–H groups in total. The van der Waals surface area contributed by atoms with Crippen molar-refractivity contribution in [1.82, 2.24) is 0 Å². The molecule has 140 valence electrons. The molecule has 27 heavy (non-hydrogen) atoms. The first kappa shape index (κ1) is 18.6. The summed E-state index contributed by atoms with van der Waals surface area (Å²) < 4.78 is 16.8. The third-order valence-electron chi connectivity index (χ3n) is 4.08. The molecule has 0 atom stereocenters. The van der Waals surface area contributed by atoms with Crippen LogP contribution in [0.4, 0.5) is 5.69 Å². The molecule has 0 aliphatic rings. The Hall–Kier alpha value is -3.21. The molecule has 1 amide bonds. The van der Waals surface area contributed by atoms with E-state index in [0.717, 1.165) is 5.69 Å². The molecular weight excluding hydrogens is 342 g/mol. The Morgan fingerprint density at radius 3 is 2.30 bits per heavy atom. The summed E-state index contributed by atoms with van der Waals surface area (Å²) in [6.07, 6.45) is 0. The molecule has 0 radical (unpaired) electrons. The lowest BCUT2D eigenvalue weighted by Gasteiger charge is -2.25. The number of benzene rings is 2. The number of hydrogen-bond donors (Lipinski definition) is 0. The summed E-state index contributed by atoms with van der Waals surface area (Å²) in [7, 11) is 1.59. The largest absolute Gasteiger partial charge is 0.493 e. The number of carbonyl (C=O) groups is 1. The number of rotatable bonds is 7. The molecule has 0 spiro atoms. The maximum absolute atomic E-state index is 12.9. The van der Waals surface area contributed by atoms with Gasteiger partial charge in [0, 0.05) is 11.7 Å². The average Bonchev–Trinajstić information content (AvgIpc) is 3.16. The number of carbonyl (C=O) groups excluding carboxylic acids is 1. The van der Waals surface area contributed by atoms with Gasteiger partial charge in [0.05, 0.1) is 7.11 Å². The van der Waals surface area contributed by atoms with E-state index < -0.39 is 0 Å². The highest BCUT2D eigenvalue weighted by Crippen LogP contribution is 2.27. The van der Waals surface area contributed by atoms with Crippen LogP contribution in [-0.2, 0) is 6.61 Å². The summed E-state index contributed by atoms with van der Waals surface area (Å²) >= 11 is 0. The van der Waals surface area contributed by atoms with Gasteiger partial charge >= 0.3 is 0 Å². The molecule has 0 aliphatic heterocycles. The van der Waals surface area contributed by atoms with E-state index in [2.05, 4.69) is 0 Å². The van der Waals surface area contributed by atoms with Gasteiger partial charge in [-0.2, -0.15) is 0 Å². The van der Waals surface area contributed by atoms with E-state index in [1.807, 2.05) is 68.4 Å². The van der Waals surface area contributed by atoms with Gasteiger partial charge in [-0.3, -0.25) is 4.79 Å². The Morgan fingerprint density at radius 1 is 0.963 bits per heavy atom. The number of para-hydroxylation sites is 3. The van der Waals surface area contributed by atoms with Crippen molar-refractivity contribution >= 4 is 11.6 Å². The number of nitrogens with zero attached hydrogens (tertiary/aromatic N) is 1. The highest BCUT2D eigenvalue weighted by atomic mass is 16.5. The summed E-state index contributed by atoms with van der Waals surface area (Å²) in [6.45, 7) is 4.15. The van der Waals surface area contributed by atoms with E-state index >= 15 is 0 Å². The summed E-state index contributed by atoms with van der Waals surface area (Å²) in [5.41, 5.74) is 0.834. The first-order chi connectivity index (χ1) is 13.1. The van der Waals surface area contributed by atoms with Gasteiger partial charge in [-0.1, -0.05) is 30.3 Å². The molecule has 0 bridgehead atoms. The van der Waals surface area contributed by atoms with Crippen molar-refractivity contribution in [3.05, 3.63) is 78.3 Å². The van der Waals surface area contributed by atoms with Crippen LogP contribution in [0.2, 0.25) is 0 Å². The predicted molar refractivity (Wildman–Crippen MR) is 104 cm³/mol. The number of amides is 1. The van der Waals surface area contributed by atoms with Crippen LogP contribution < -0.4 is 14.4 Å². The fourth-order valence-corrected chi connectivity index (χ4v) is 2.81. The topological polar surface area (TPSA) is 51.9 Å². The van der Waals surface area contributed by atoms with E-state index in [1.165, 1.54) is 0 Å². The van der Waals surface area contributed by atoms with Gasteiger partial charge < -0.3 is 18.8 Å². The van der Waals surface area contributed by atoms with Gasteiger partial charge in [0.15, 0.2) is 17.3 Å². The maximum atomic E-state index is 12.9. The second-order valence-corrected chi connectivity index (χ2v) is 6.31. The Balaban J connectivity index is 1.73. The van der Waals surface area contributed by atoms with Crippen molar-refractivity contribution in [1.29, 1.82) is 0 Å². The van der Waals surface area contributed by atoms with Crippen LogP contribution in [-0.4, -0.2) is 19.1 Å². The molecule has 0 unspecified atom stereocenters. The normalized spacial score (nSPS) is 10.7. The van der Waals surface area contributed by atoms with Crippen molar-refractivity contribution in [2.45, 2.75) is 26.5 Å². The van der Waals surface area contributed by atoms with Gasteiger partial charge in [-0.25, -0.2) is 0 Å². The Labute approximate surface area is 159 Å². The van der Waals surface area contributed by atoms with E-state index in [4.69, 9.17) is 13.9 Å².